The van der Waals surface area contributed by atoms with Crippen LogP contribution in [-0.2, 0) is 28.7 Å². The van der Waals surface area contributed by atoms with Crippen LogP contribution in [-0.4, -0.2) is 95.6 Å². The fraction of sp³-hybridized carbons (Fsp3) is 0.769. The summed E-state index contributed by atoms with van der Waals surface area (Å²) in [6, 6.07) is -3.57. The fourth-order valence-electron chi connectivity index (χ4n) is 4.48. The smallest absolute Gasteiger partial charge is 0.322 e. The normalized spacial score (nSPS) is 16.6. The van der Waals surface area contributed by atoms with Crippen LogP contribution in [0, 0.1) is 5.92 Å². The molecule has 1 heterocycles. The number of rotatable bonds is 17. The summed E-state index contributed by atoms with van der Waals surface area (Å²) < 4.78 is 5.63. The Hall–Kier alpha value is -3.42. The van der Waals surface area contributed by atoms with Crippen molar-refractivity contribution in [2.24, 2.45) is 11.7 Å². The molecule has 3 atom stereocenters. The van der Waals surface area contributed by atoms with Gasteiger partial charge in [-0.1, -0.05) is 13.8 Å². The van der Waals surface area contributed by atoms with Gasteiger partial charge in [-0.25, -0.2) is 4.79 Å². The van der Waals surface area contributed by atoms with Gasteiger partial charge in [-0.3, -0.25) is 24.0 Å². The van der Waals surface area contributed by atoms with Gasteiger partial charge in [0, 0.05) is 26.1 Å². The number of ether oxygens (including phenoxy) is 1. The highest BCUT2D eigenvalue weighted by atomic mass is 16.5. The van der Waals surface area contributed by atoms with Crippen molar-refractivity contribution in [3.63, 3.8) is 0 Å². The Morgan fingerprint density at radius 2 is 1.77 bits per heavy atom. The van der Waals surface area contributed by atoms with E-state index in [0.29, 0.717) is 32.3 Å². The largest absolute Gasteiger partial charge is 0.480 e. The number of hydrogen-bond acceptors (Lipinski definition) is 7. The molecular weight excluding hydrogens is 524 g/mol. The van der Waals surface area contributed by atoms with E-state index in [1.807, 2.05) is 20.8 Å². The van der Waals surface area contributed by atoms with E-state index in [1.54, 1.807) is 13.8 Å². The number of nitrogens with one attached hydrogen (secondary N) is 4. The first-order valence-electron chi connectivity index (χ1n) is 13.8. The van der Waals surface area contributed by atoms with Gasteiger partial charge in [-0.15, -0.1) is 0 Å². The Morgan fingerprint density at radius 1 is 1.10 bits per heavy atom. The molecule has 0 bridgehead atoms. The molecule has 1 unspecified atom stereocenters. The average Bonchev–Trinajstić information content (AvgIpc) is 3.35. The zero-order valence-electron chi connectivity index (χ0n) is 24.2. The first-order valence-corrected chi connectivity index (χ1v) is 13.8. The first kappa shape index (κ1) is 34.6. The van der Waals surface area contributed by atoms with Crippen LogP contribution in [0.2, 0.25) is 0 Å². The molecule has 0 aromatic carbocycles. The predicted molar refractivity (Wildman–Crippen MR) is 146 cm³/mol. The summed E-state index contributed by atoms with van der Waals surface area (Å²) in [6.45, 7) is 9.53. The number of nitrogens with two attached hydrogens (primary N) is 1. The molecule has 0 aromatic rings. The Kier molecular flexibility index (Phi) is 14.4. The lowest BCUT2D eigenvalue weighted by molar-refractivity contribution is -0.143. The molecule has 228 valence electrons. The standard InChI is InChI=1S/C26H46N6O8/c1-6-40-26(4,5)12-11-19(33)31-21(16(2)3)23(37)30-17(9-7-13-28-25(27)39)24(38)32-14-8-10-18(32)22(36)29-15-20(34)35/h16-18,21H,6-15H2,1-5H3,(H,29,36)(H,30,37)(H,31,33)(H,34,35)(H3,27,28,39)/t17-,18-,21?/m0/s1. The van der Waals surface area contributed by atoms with Crippen LogP contribution in [0.4, 0.5) is 4.79 Å². The van der Waals surface area contributed by atoms with Gasteiger partial charge in [0.25, 0.3) is 0 Å². The van der Waals surface area contributed by atoms with Crippen LogP contribution in [0.5, 0.6) is 0 Å². The summed E-state index contributed by atoms with van der Waals surface area (Å²) in [6.07, 6.45) is 1.91. The van der Waals surface area contributed by atoms with E-state index in [1.165, 1.54) is 4.90 Å². The van der Waals surface area contributed by atoms with Crippen LogP contribution >= 0.6 is 0 Å². The number of nitrogens with zero attached hydrogens (tertiary/aromatic N) is 1. The lowest BCUT2D eigenvalue weighted by Crippen LogP contribution is -2.57. The SMILES string of the molecule is CCOC(C)(C)CCC(=O)NC(C(=O)N[C@@H](CCCNC(N)=O)C(=O)N1CCC[C@H]1C(=O)NCC(=O)O)C(C)C. The van der Waals surface area contributed by atoms with E-state index < -0.39 is 60.0 Å². The van der Waals surface area contributed by atoms with Crippen LogP contribution in [0.1, 0.15) is 73.1 Å². The van der Waals surface area contributed by atoms with E-state index in [0.717, 1.165) is 0 Å². The van der Waals surface area contributed by atoms with Crippen molar-refractivity contribution in [2.45, 2.75) is 96.9 Å². The highest BCUT2D eigenvalue weighted by Gasteiger charge is 2.38. The fourth-order valence-corrected chi connectivity index (χ4v) is 4.48. The van der Waals surface area contributed by atoms with E-state index in [2.05, 4.69) is 21.3 Å². The Balaban J connectivity index is 3.00. The molecular formula is C26H46N6O8. The topological polar surface area (TPSA) is 209 Å². The van der Waals surface area contributed by atoms with Gasteiger partial charge >= 0.3 is 12.0 Å². The Labute approximate surface area is 235 Å². The van der Waals surface area contributed by atoms with Crippen LogP contribution in [0.25, 0.3) is 0 Å². The lowest BCUT2D eigenvalue weighted by atomic mass is 9.99. The van der Waals surface area contributed by atoms with E-state index >= 15 is 0 Å². The number of carbonyl (C=O) groups excluding carboxylic acids is 5. The monoisotopic (exact) mass is 570 g/mol. The van der Waals surface area contributed by atoms with Gasteiger partial charge in [0.05, 0.1) is 5.60 Å². The molecule has 0 spiro atoms. The first-order chi connectivity index (χ1) is 18.7. The number of carbonyl (C=O) groups is 6. The van der Waals surface area contributed by atoms with Crippen molar-refractivity contribution in [3.8, 4) is 0 Å². The van der Waals surface area contributed by atoms with Crippen molar-refractivity contribution in [2.75, 3.05) is 26.2 Å². The molecule has 1 aliphatic heterocycles. The second-order valence-electron chi connectivity index (χ2n) is 10.8. The van der Waals surface area contributed by atoms with Crippen LogP contribution < -0.4 is 27.0 Å². The molecule has 6 amide bonds. The second-order valence-corrected chi connectivity index (χ2v) is 10.8. The summed E-state index contributed by atoms with van der Waals surface area (Å²) >= 11 is 0. The molecule has 0 saturated carbocycles. The summed E-state index contributed by atoms with van der Waals surface area (Å²) in [5.41, 5.74) is 4.61. The van der Waals surface area contributed by atoms with Gasteiger partial charge in [-0.2, -0.15) is 0 Å². The van der Waals surface area contributed by atoms with Crippen LogP contribution in [0.15, 0.2) is 0 Å². The number of urea groups is 1. The molecule has 14 heteroatoms. The van der Waals surface area contributed by atoms with Crippen molar-refractivity contribution >= 4 is 35.6 Å². The van der Waals surface area contributed by atoms with E-state index in [4.69, 9.17) is 15.6 Å². The lowest BCUT2D eigenvalue weighted by Gasteiger charge is -2.30. The molecule has 14 nitrogen and oxygen atoms in total. The third-order valence-corrected chi connectivity index (χ3v) is 6.59. The molecule has 7 N–H and O–H groups in total. The minimum absolute atomic E-state index is 0.131. The van der Waals surface area contributed by atoms with E-state index in [-0.39, 0.29) is 37.8 Å². The van der Waals surface area contributed by atoms with Gasteiger partial charge in [0.2, 0.25) is 23.6 Å². The van der Waals surface area contributed by atoms with Crippen molar-refractivity contribution < 1.29 is 38.6 Å². The molecule has 1 rings (SSSR count). The average molecular weight is 571 g/mol. The summed E-state index contributed by atoms with van der Waals surface area (Å²) in [4.78, 5) is 75.4. The zero-order valence-corrected chi connectivity index (χ0v) is 24.2. The number of carboxylic acids is 1. The number of amides is 6. The number of aliphatic carboxylic acids is 1. The summed E-state index contributed by atoms with van der Waals surface area (Å²) in [7, 11) is 0. The van der Waals surface area contributed by atoms with Crippen molar-refractivity contribution in [3.05, 3.63) is 0 Å². The van der Waals surface area contributed by atoms with Gasteiger partial charge < -0.3 is 41.7 Å². The number of carboxylic acid groups (broad SMARTS) is 1. The minimum Gasteiger partial charge on any atom is -0.480 e. The highest BCUT2D eigenvalue weighted by Crippen LogP contribution is 2.20. The summed E-state index contributed by atoms with van der Waals surface area (Å²) in [5.74, 6) is -3.48. The minimum atomic E-state index is -1.21. The van der Waals surface area contributed by atoms with Gasteiger partial charge in [0.15, 0.2) is 0 Å². The Morgan fingerprint density at radius 3 is 2.35 bits per heavy atom. The molecule has 40 heavy (non-hydrogen) atoms. The molecule has 0 radical (unpaired) electrons. The third-order valence-electron chi connectivity index (χ3n) is 6.59. The molecule has 0 aliphatic carbocycles. The highest BCUT2D eigenvalue weighted by molar-refractivity contribution is 5.95. The molecule has 1 aliphatic rings. The van der Waals surface area contributed by atoms with Crippen molar-refractivity contribution in [1.29, 1.82) is 0 Å². The maximum absolute atomic E-state index is 13.6. The molecule has 1 saturated heterocycles. The van der Waals surface area contributed by atoms with Crippen molar-refractivity contribution in [1.82, 2.24) is 26.2 Å². The summed E-state index contributed by atoms with van der Waals surface area (Å²) in [5, 5.41) is 19.1. The number of likely N-dealkylation sites (tertiary alicyclic amines) is 1. The third kappa shape index (κ3) is 12.2. The second kappa shape index (κ2) is 16.6. The Bertz CT molecular complexity index is 910. The maximum Gasteiger partial charge on any atom is 0.322 e. The number of hydrogen-bond donors (Lipinski definition) is 6. The molecule has 1 fully saturated rings. The number of primary amides is 1. The van der Waals surface area contributed by atoms with Crippen LogP contribution in [0.3, 0.4) is 0 Å². The van der Waals surface area contributed by atoms with Gasteiger partial charge in [-0.05, 0) is 58.8 Å². The zero-order chi connectivity index (χ0) is 30.5. The van der Waals surface area contributed by atoms with Gasteiger partial charge in [0.1, 0.15) is 24.7 Å². The quantitative estimate of drug-likeness (QED) is 0.129. The van der Waals surface area contributed by atoms with E-state index in [9.17, 15) is 28.8 Å². The maximum atomic E-state index is 13.6. The predicted octanol–water partition coefficient (Wildman–Crippen LogP) is -0.152. The molecule has 0 aromatic heterocycles.